The first-order valence-corrected chi connectivity index (χ1v) is 5.29. The lowest BCUT2D eigenvalue weighted by atomic mass is 10.2. The second-order valence-electron chi connectivity index (χ2n) is 3.12. The molecule has 0 radical (unpaired) electrons. The molecule has 0 atom stereocenters. The molecule has 1 rings (SSSR count). The van der Waals surface area contributed by atoms with Gasteiger partial charge in [0.25, 0.3) is 5.91 Å². The monoisotopic (exact) mass is 301 g/mol. The summed E-state index contributed by atoms with van der Waals surface area (Å²) < 4.78 is 1.16. The minimum Gasteiger partial charge on any atom is -0.312 e. The van der Waals surface area contributed by atoms with Crippen LogP contribution in [0.15, 0.2) is 36.4 Å². The second-order valence-corrected chi connectivity index (χ2v) is 4.37. The fraction of sp³-hybridized carbons (Fsp3) is 0.182. The van der Waals surface area contributed by atoms with Crippen molar-refractivity contribution in [2.45, 2.75) is 6.92 Å². The molecule has 2 nitrogen and oxygen atoms in total. The fourth-order valence-corrected chi connectivity index (χ4v) is 1.43. The van der Waals surface area contributed by atoms with Crippen molar-refractivity contribution in [1.82, 2.24) is 0 Å². The van der Waals surface area contributed by atoms with Crippen LogP contribution in [0.4, 0.5) is 5.69 Å². The number of hydrogen-bond acceptors (Lipinski definition) is 1. The maximum absolute atomic E-state index is 11.6. The quantitative estimate of drug-likeness (QED) is 0.607. The highest BCUT2D eigenvalue weighted by Crippen LogP contribution is 2.16. The Morgan fingerprint density at radius 1 is 1.36 bits per heavy atom. The molecule has 0 saturated heterocycles. The van der Waals surface area contributed by atoms with Crippen molar-refractivity contribution >= 4 is 34.2 Å². The van der Waals surface area contributed by atoms with E-state index in [0.29, 0.717) is 5.57 Å². The van der Waals surface area contributed by atoms with Gasteiger partial charge in [-0.25, -0.2) is 0 Å². The van der Waals surface area contributed by atoms with E-state index in [-0.39, 0.29) is 5.91 Å². The number of amides is 1. The van der Waals surface area contributed by atoms with Gasteiger partial charge in [0.2, 0.25) is 0 Å². The number of carbonyl (C=O) groups is 1. The first-order valence-electron chi connectivity index (χ1n) is 4.21. The van der Waals surface area contributed by atoms with E-state index in [0.717, 1.165) is 9.26 Å². The lowest BCUT2D eigenvalue weighted by Gasteiger charge is -2.17. The predicted molar refractivity (Wildman–Crippen MR) is 67.4 cm³/mol. The number of likely N-dealkylation sites (N-methyl/N-ethyl adjacent to an activating group) is 1. The number of anilines is 1. The van der Waals surface area contributed by atoms with E-state index in [4.69, 9.17) is 0 Å². The summed E-state index contributed by atoms with van der Waals surface area (Å²) in [5.41, 5.74) is 1.43. The Morgan fingerprint density at radius 2 is 1.86 bits per heavy atom. The number of halogens is 1. The van der Waals surface area contributed by atoms with E-state index in [1.54, 1.807) is 18.9 Å². The summed E-state index contributed by atoms with van der Waals surface area (Å²) in [6, 6.07) is 7.78. The normalized spacial score (nSPS) is 9.64. The number of hydrogen-bond donors (Lipinski definition) is 0. The third-order valence-corrected chi connectivity index (χ3v) is 2.60. The lowest BCUT2D eigenvalue weighted by Crippen LogP contribution is -2.26. The van der Waals surface area contributed by atoms with E-state index >= 15 is 0 Å². The maximum atomic E-state index is 11.6. The van der Waals surface area contributed by atoms with E-state index < -0.39 is 0 Å². The van der Waals surface area contributed by atoms with Crippen LogP contribution < -0.4 is 4.90 Å². The van der Waals surface area contributed by atoms with Crippen LogP contribution in [0.5, 0.6) is 0 Å². The van der Waals surface area contributed by atoms with Crippen molar-refractivity contribution in [3.05, 3.63) is 40.0 Å². The van der Waals surface area contributed by atoms with Crippen LogP contribution in [0.25, 0.3) is 0 Å². The molecule has 1 aromatic carbocycles. The van der Waals surface area contributed by atoms with Crippen LogP contribution in [0.2, 0.25) is 0 Å². The molecule has 0 spiro atoms. The molecule has 0 unspecified atom stereocenters. The molecule has 0 N–H and O–H groups in total. The Kier molecular flexibility index (Phi) is 3.69. The molecule has 1 aromatic rings. The van der Waals surface area contributed by atoms with Crippen LogP contribution in [0.1, 0.15) is 6.92 Å². The van der Waals surface area contributed by atoms with Gasteiger partial charge in [0.1, 0.15) is 0 Å². The van der Waals surface area contributed by atoms with E-state index in [1.165, 1.54) is 0 Å². The van der Waals surface area contributed by atoms with Crippen molar-refractivity contribution in [3.63, 3.8) is 0 Å². The third-order valence-electron chi connectivity index (χ3n) is 1.88. The molecular weight excluding hydrogens is 289 g/mol. The maximum Gasteiger partial charge on any atom is 0.253 e. The highest BCUT2D eigenvalue weighted by molar-refractivity contribution is 14.1. The van der Waals surface area contributed by atoms with E-state index in [1.807, 2.05) is 24.3 Å². The molecular formula is C11H12INO. The predicted octanol–water partition coefficient (Wildman–Crippen LogP) is 2.83. The summed E-state index contributed by atoms with van der Waals surface area (Å²) in [6.07, 6.45) is 0. The van der Waals surface area contributed by atoms with Gasteiger partial charge in [0.15, 0.2) is 0 Å². The second kappa shape index (κ2) is 4.59. The first kappa shape index (κ1) is 11.2. The summed E-state index contributed by atoms with van der Waals surface area (Å²) >= 11 is 2.23. The van der Waals surface area contributed by atoms with Crippen molar-refractivity contribution in [1.29, 1.82) is 0 Å². The third kappa shape index (κ3) is 2.57. The van der Waals surface area contributed by atoms with Gasteiger partial charge >= 0.3 is 0 Å². The van der Waals surface area contributed by atoms with Gasteiger partial charge < -0.3 is 4.90 Å². The zero-order chi connectivity index (χ0) is 10.7. The number of carbonyl (C=O) groups excluding carboxylic acids is 1. The Labute approximate surface area is 97.7 Å². The summed E-state index contributed by atoms with van der Waals surface area (Å²) in [5, 5.41) is 0. The molecule has 74 valence electrons. The number of rotatable bonds is 2. The van der Waals surface area contributed by atoms with Crippen LogP contribution in [0, 0.1) is 3.57 Å². The molecule has 14 heavy (non-hydrogen) atoms. The topological polar surface area (TPSA) is 20.3 Å². The zero-order valence-corrected chi connectivity index (χ0v) is 10.4. The van der Waals surface area contributed by atoms with Crippen molar-refractivity contribution < 1.29 is 4.79 Å². The molecule has 1 amide bonds. The summed E-state index contributed by atoms with van der Waals surface area (Å²) in [5.74, 6) is -0.0498. The molecule has 0 bridgehead atoms. The molecule has 0 saturated carbocycles. The highest BCUT2D eigenvalue weighted by Gasteiger charge is 2.10. The SMILES string of the molecule is C=C(C)C(=O)N(C)c1ccc(I)cc1. The van der Waals surface area contributed by atoms with E-state index in [2.05, 4.69) is 29.2 Å². The van der Waals surface area contributed by atoms with Crippen LogP contribution in [-0.4, -0.2) is 13.0 Å². The zero-order valence-electron chi connectivity index (χ0n) is 8.25. The molecule has 0 aliphatic heterocycles. The average Bonchev–Trinajstić information content (AvgIpc) is 2.16. The van der Waals surface area contributed by atoms with Gasteiger partial charge in [-0.15, -0.1) is 0 Å². The molecule has 0 aliphatic rings. The van der Waals surface area contributed by atoms with Gasteiger partial charge in [-0.3, -0.25) is 4.79 Å². The van der Waals surface area contributed by atoms with Gasteiger partial charge in [0, 0.05) is 21.9 Å². The Morgan fingerprint density at radius 3 is 2.29 bits per heavy atom. The molecule has 0 aromatic heterocycles. The molecule has 0 fully saturated rings. The summed E-state index contributed by atoms with van der Waals surface area (Å²) in [7, 11) is 1.75. The Hall–Kier alpha value is -0.840. The van der Waals surface area contributed by atoms with Crippen molar-refractivity contribution in [2.75, 3.05) is 11.9 Å². The number of benzene rings is 1. The van der Waals surface area contributed by atoms with Gasteiger partial charge in [-0.05, 0) is 53.8 Å². The minimum atomic E-state index is -0.0498. The highest BCUT2D eigenvalue weighted by atomic mass is 127. The van der Waals surface area contributed by atoms with Crippen LogP contribution >= 0.6 is 22.6 Å². The Balaban J connectivity index is 2.89. The average molecular weight is 301 g/mol. The Bertz CT molecular complexity index is 356. The van der Waals surface area contributed by atoms with Crippen LogP contribution in [-0.2, 0) is 4.79 Å². The van der Waals surface area contributed by atoms with Crippen LogP contribution in [0.3, 0.4) is 0 Å². The first-order chi connectivity index (χ1) is 6.52. The largest absolute Gasteiger partial charge is 0.312 e. The van der Waals surface area contributed by atoms with E-state index in [9.17, 15) is 4.79 Å². The molecule has 0 aliphatic carbocycles. The smallest absolute Gasteiger partial charge is 0.253 e. The lowest BCUT2D eigenvalue weighted by molar-refractivity contribution is -0.114. The molecule has 3 heteroatoms. The minimum absolute atomic E-state index is 0.0498. The number of nitrogens with zero attached hydrogens (tertiary/aromatic N) is 1. The fourth-order valence-electron chi connectivity index (χ4n) is 1.07. The van der Waals surface area contributed by atoms with Gasteiger partial charge in [0.05, 0.1) is 0 Å². The standard InChI is InChI=1S/C11H12INO/c1-8(2)11(14)13(3)10-6-4-9(12)5-7-10/h4-7H,1H2,2-3H3. The van der Waals surface area contributed by atoms with Gasteiger partial charge in [-0.1, -0.05) is 6.58 Å². The van der Waals surface area contributed by atoms with Gasteiger partial charge in [-0.2, -0.15) is 0 Å². The molecule has 0 heterocycles. The van der Waals surface area contributed by atoms with Crippen molar-refractivity contribution in [3.8, 4) is 0 Å². The summed E-state index contributed by atoms with van der Waals surface area (Å²) in [4.78, 5) is 13.1. The van der Waals surface area contributed by atoms with Crippen molar-refractivity contribution in [2.24, 2.45) is 0 Å². The summed E-state index contributed by atoms with van der Waals surface area (Å²) in [6.45, 7) is 5.34.